The van der Waals surface area contributed by atoms with E-state index in [-0.39, 0.29) is 11.2 Å². The fraction of sp³-hybridized carbons (Fsp3) is 0.235. The molecule has 24 heavy (non-hydrogen) atoms. The van der Waals surface area contributed by atoms with Crippen LogP contribution in [0.2, 0.25) is 0 Å². The summed E-state index contributed by atoms with van der Waals surface area (Å²) in [5.74, 6) is 0.575. The van der Waals surface area contributed by atoms with Crippen LogP contribution in [0, 0.1) is 0 Å². The topological polar surface area (TPSA) is 57.0 Å². The van der Waals surface area contributed by atoms with E-state index in [0.717, 1.165) is 11.5 Å². The molecule has 0 unspecified atom stereocenters. The van der Waals surface area contributed by atoms with Gasteiger partial charge in [0.2, 0.25) is 0 Å². The highest BCUT2D eigenvalue weighted by atomic mass is 32.2. The van der Waals surface area contributed by atoms with Gasteiger partial charge in [0, 0.05) is 17.0 Å². The van der Waals surface area contributed by atoms with Crippen LogP contribution < -0.4 is 0 Å². The van der Waals surface area contributed by atoms with Crippen molar-refractivity contribution in [2.24, 2.45) is 0 Å². The van der Waals surface area contributed by atoms with Crippen molar-refractivity contribution >= 4 is 29.1 Å². The smallest absolute Gasteiger partial charge is 0.318 e. The SMILES string of the molecule is COC(=O)[C@@H](C)Sc1nnc(Cc2cccs2)n1-c1ccccc1. The minimum Gasteiger partial charge on any atom is -0.468 e. The average Bonchev–Trinajstić information content (AvgIpc) is 3.25. The van der Waals surface area contributed by atoms with Gasteiger partial charge in [0.15, 0.2) is 5.16 Å². The molecule has 1 atom stereocenters. The van der Waals surface area contributed by atoms with E-state index in [1.54, 1.807) is 18.3 Å². The van der Waals surface area contributed by atoms with Crippen LogP contribution in [0.15, 0.2) is 53.0 Å². The maximum atomic E-state index is 11.7. The number of carbonyl (C=O) groups is 1. The van der Waals surface area contributed by atoms with Gasteiger partial charge in [-0.25, -0.2) is 0 Å². The molecule has 0 aliphatic carbocycles. The van der Waals surface area contributed by atoms with Crippen LogP contribution in [0.4, 0.5) is 0 Å². The molecule has 0 N–H and O–H groups in total. The summed E-state index contributed by atoms with van der Waals surface area (Å²) >= 11 is 3.04. The molecule has 0 amide bonds. The number of hydrogen-bond acceptors (Lipinski definition) is 6. The van der Waals surface area contributed by atoms with E-state index in [1.807, 2.05) is 46.3 Å². The van der Waals surface area contributed by atoms with Crippen molar-refractivity contribution in [3.63, 3.8) is 0 Å². The number of aromatic nitrogens is 3. The predicted molar refractivity (Wildman–Crippen MR) is 95.8 cm³/mol. The van der Waals surface area contributed by atoms with Crippen LogP contribution in [0.3, 0.4) is 0 Å². The van der Waals surface area contributed by atoms with Crippen LogP contribution in [0.25, 0.3) is 5.69 Å². The predicted octanol–water partition coefficient (Wildman–Crippen LogP) is 3.57. The Balaban J connectivity index is 1.96. The zero-order valence-electron chi connectivity index (χ0n) is 13.4. The summed E-state index contributed by atoms with van der Waals surface area (Å²) in [5.41, 5.74) is 0.980. The highest BCUT2D eigenvalue weighted by molar-refractivity contribution is 8.00. The Labute approximate surface area is 148 Å². The fourth-order valence-corrected chi connectivity index (χ4v) is 3.88. The van der Waals surface area contributed by atoms with E-state index in [9.17, 15) is 4.79 Å². The van der Waals surface area contributed by atoms with Crippen LogP contribution in [-0.2, 0) is 16.0 Å². The number of thiophene rings is 1. The molecule has 3 rings (SSSR count). The zero-order chi connectivity index (χ0) is 16.9. The second-order valence-corrected chi connectivity index (χ2v) is 7.45. The maximum absolute atomic E-state index is 11.7. The van der Waals surface area contributed by atoms with Crippen molar-refractivity contribution < 1.29 is 9.53 Å². The Bertz CT molecular complexity index is 801. The van der Waals surface area contributed by atoms with Crippen LogP contribution in [0.5, 0.6) is 0 Å². The zero-order valence-corrected chi connectivity index (χ0v) is 15.0. The molecule has 3 aromatic rings. The minimum absolute atomic E-state index is 0.276. The lowest BCUT2D eigenvalue weighted by atomic mass is 10.3. The maximum Gasteiger partial charge on any atom is 0.318 e. The third kappa shape index (κ3) is 3.68. The van der Waals surface area contributed by atoms with E-state index in [2.05, 4.69) is 16.3 Å². The number of carbonyl (C=O) groups excluding carboxylic acids is 1. The number of ether oxygens (including phenoxy) is 1. The Morgan fingerprint density at radius 2 is 2.04 bits per heavy atom. The number of hydrogen-bond donors (Lipinski definition) is 0. The molecule has 124 valence electrons. The number of esters is 1. The summed E-state index contributed by atoms with van der Waals surface area (Å²) < 4.78 is 6.81. The minimum atomic E-state index is -0.351. The van der Waals surface area contributed by atoms with Gasteiger partial charge < -0.3 is 4.74 Å². The second-order valence-electron chi connectivity index (χ2n) is 5.11. The highest BCUT2D eigenvalue weighted by Gasteiger charge is 2.21. The van der Waals surface area contributed by atoms with Gasteiger partial charge >= 0.3 is 5.97 Å². The molecule has 7 heteroatoms. The normalized spacial score (nSPS) is 12.1. The molecule has 0 aliphatic heterocycles. The first-order valence-corrected chi connectivity index (χ1v) is 9.21. The second kappa shape index (κ2) is 7.63. The number of nitrogens with zero attached hydrogens (tertiary/aromatic N) is 3. The first-order chi connectivity index (χ1) is 11.7. The number of thioether (sulfide) groups is 1. The lowest BCUT2D eigenvalue weighted by Crippen LogP contribution is -2.15. The summed E-state index contributed by atoms with van der Waals surface area (Å²) in [5, 5.41) is 11.0. The van der Waals surface area contributed by atoms with E-state index >= 15 is 0 Å². The lowest BCUT2D eigenvalue weighted by Gasteiger charge is -2.12. The summed E-state index contributed by atoms with van der Waals surface area (Å²) in [4.78, 5) is 12.9. The van der Waals surface area contributed by atoms with Crippen molar-refractivity contribution in [1.82, 2.24) is 14.8 Å². The monoisotopic (exact) mass is 359 g/mol. The lowest BCUT2D eigenvalue weighted by molar-refractivity contribution is -0.139. The van der Waals surface area contributed by atoms with E-state index in [1.165, 1.54) is 23.7 Å². The quantitative estimate of drug-likeness (QED) is 0.497. The van der Waals surface area contributed by atoms with Crippen LogP contribution >= 0.6 is 23.1 Å². The summed E-state index contributed by atoms with van der Waals surface area (Å²) in [6, 6.07) is 14.0. The Hall–Kier alpha value is -2.12. The van der Waals surface area contributed by atoms with Gasteiger partial charge in [0.1, 0.15) is 11.1 Å². The van der Waals surface area contributed by atoms with Gasteiger partial charge in [-0.1, -0.05) is 36.0 Å². The number of rotatable bonds is 6. The van der Waals surface area contributed by atoms with E-state index < -0.39 is 0 Å². The van der Waals surface area contributed by atoms with Crippen LogP contribution in [-0.4, -0.2) is 33.1 Å². The molecule has 5 nitrogen and oxygen atoms in total. The summed E-state index contributed by atoms with van der Waals surface area (Å²) in [6.45, 7) is 1.81. The van der Waals surface area contributed by atoms with Gasteiger partial charge in [0.05, 0.1) is 7.11 Å². The molecule has 1 aromatic carbocycles. The largest absolute Gasteiger partial charge is 0.468 e. The molecule has 2 aromatic heterocycles. The van der Waals surface area contributed by atoms with E-state index in [4.69, 9.17) is 4.74 Å². The number of benzene rings is 1. The van der Waals surface area contributed by atoms with Crippen molar-refractivity contribution in [3.8, 4) is 5.69 Å². The molecule has 2 heterocycles. The Morgan fingerprint density at radius 1 is 1.25 bits per heavy atom. The Kier molecular flexibility index (Phi) is 5.32. The molecule has 0 radical (unpaired) electrons. The molecule has 0 bridgehead atoms. The first-order valence-electron chi connectivity index (χ1n) is 7.45. The van der Waals surface area contributed by atoms with E-state index in [0.29, 0.717) is 11.6 Å². The molecule has 0 spiro atoms. The molecule has 0 saturated carbocycles. The standard InChI is InChI=1S/C17H17N3O2S2/c1-12(16(21)22-2)24-17-19-18-15(11-14-9-6-10-23-14)20(17)13-7-4-3-5-8-13/h3-10,12H,11H2,1-2H3/t12-/m1/s1. The summed E-state index contributed by atoms with van der Waals surface area (Å²) in [6.07, 6.45) is 0.701. The molecular formula is C17H17N3O2S2. The van der Waals surface area contributed by atoms with Gasteiger partial charge in [-0.3, -0.25) is 9.36 Å². The molecule has 0 fully saturated rings. The molecular weight excluding hydrogens is 342 g/mol. The number of para-hydroxylation sites is 1. The summed E-state index contributed by atoms with van der Waals surface area (Å²) in [7, 11) is 1.39. The first kappa shape index (κ1) is 16.7. The van der Waals surface area contributed by atoms with Gasteiger partial charge in [0.25, 0.3) is 0 Å². The van der Waals surface area contributed by atoms with Crippen molar-refractivity contribution in [2.45, 2.75) is 23.8 Å². The van der Waals surface area contributed by atoms with Crippen molar-refractivity contribution in [2.75, 3.05) is 7.11 Å². The molecule has 0 aliphatic rings. The van der Waals surface area contributed by atoms with Gasteiger partial charge in [-0.15, -0.1) is 21.5 Å². The van der Waals surface area contributed by atoms with Gasteiger partial charge in [-0.05, 0) is 30.5 Å². The fourth-order valence-electron chi connectivity index (χ4n) is 2.27. The highest BCUT2D eigenvalue weighted by Crippen LogP contribution is 2.27. The third-order valence-corrected chi connectivity index (χ3v) is 5.34. The van der Waals surface area contributed by atoms with Crippen LogP contribution in [0.1, 0.15) is 17.6 Å². The molecule has 0 saturated heterocycles. The van der Waals surface area contributed by atoms with Gasteiger partial charge in [-0.2, -0.15) is 0 Å². The van der Waals surface area contributed by atoms with Crippen molar-refractivity contribution in [3.05, 3.63) is 58.5 Å². The third-order valence-electron chi connectivity index (χ3n) is 3.44. The average molecular weight is 359 g/mol. The van der Waals surface area contributed by atoms with Crippen molar-refractivity contribution in [1.29, 1.82) is 0 Å². The Morgan fingerprint density at radius 3 is 2.71 bits per heavy atom. The number of methoxy groups -OCH3 is 1.